The standard InChI is InChI=1S/C8H10O.C8H14O.C4H6.C2H6/c1-7-4-2-3-5-8(7)6-9;1-3-8(2)6-4-5-7-9;1-3-4-2;1-2/h2-5,9H,6H2,1H3;3-4,6,9H,5,7H2,1-2H3;1-2H3;1-2H3/b;6-4-,8-3-;;. The quantitative estimate of drug-likeness (QED) is 0.570. The number of hydrogen-bond acceptors (Lipinski definition) is 2. The Morgan fingerprint density at radius 3 is 1.96 bits per heavy atom. The normalized spacial score (nSPS) is 9.29. The zero-order valence-corrected chi connectivity index (χ0v) is 16.6. The summed E-state index contributed by atoms with van der Waals surface area (Å²) in [6.07, 6.45) is 6.77. The van der Waals surface area contributed by atoms with Crippen LogP contribution in [0, 0.1) is 18.8 Å². The van der Waals surface area contributed by atoms with Gasteiger partial charge in [-0.05, 0) is 52.2 Å². The highest BCUT2D eigenvalue weighted by Crippen LogP contribution is 2.05. The predicted molar refractivity (Wildman–Crippen MR) is 108 cm³/mol. The summed E-state index contributed by atoms with van der Waals surface area (Å²) in [4.78, 5) is 0. The van der Waals surface area contributed by atoms with Crippen LogP contribution in [0.5, 0.6) is 0 Å². The van der Waals surface area contributed by atoms with Crippen molar-refractivity contribution >= 4 is 0 Å². The third kappa shape index (κ3) is 20.2. The van der Waals surface area contributed by atoms with E-state index >= 15 is 0 Å². The molecule has 0 aliphatic rings. The van der Waals surface area contributed by atoms with E-state index in [0.717, 1.165) is 17.5 Å². The van der Waals surface area contributed by atoms with E-state index in [1.54, 1.807) is 0 Å². The number of allylic oxidation sites excluding steroid dienone is 3. The molecule has 1 rings (SSSR count). The average Bonchev–Trinajstić information content (AvgIpc) is 2.64. The molecule has 0 atom stereocenters. The van der Waals surface area contributed by atoms with Gasteiger partial charge in [0.1, 0.15) is 0 Å². The Kier molecular flexibility index (Phi) is 26.4. The molecule has 0 heterocycles. The molecule has 1 aromatic carbocycles. The molecule has 0 spiro atoms. The summed E-state index contributed by atoms with van der Waals surface area (Å²) < 4.78 is 0. The molecule has 0 bridgehead atoms. The van der Waals surface area contributed by atoms with Crippen LogP contribution in [0.1, 0.15) is 59.1 Å². The second kappa shape index (κ2) is 23.4. The minimum Gasteiger partial charge on any atom is -0.396 e. The zero-order chi connectivity index (χ0) is 19.2. The summed E-state index contributed by atoms with van der Waals surface area (Å²) in [5, 5.41) is 17.1. The lowest BCUT2D eigenvalue weighted by molar-refractivity contribution is 0.281. The van der Waals surface area contributed by atoms with E-state index < -0.39 is 0 Å². The summed E-state index contributed by atoms with van der Waals surface area (Å²) >= 11 is 0. The van der Waals surface area contributed by atoms with Crippen molar-refractivity contribution in [3.63, 3.8) is 0 Å². The van der Waals surface area contributed by atoms with Crippen LogP contribution in [0.4, 0.5) is 0 Å². The lowest BCUT2D eigenvalue weighted by atomic mass is 10.1. The Labute approximate surface area is 149 Å². The van der Waals surface area contributed by atoms with Gasteiger partial charge in [0, 0.05) is 6.61 Å². The van der Waals surface area contributed by atoms with Gasteiger partial charge in [0.15, 0.2) is 0 Å². The Morgan fingerprint density at radius 2 is 1.62 bits per heavy atom. The maximum absolute atomic E-state index is 8.72. The van der Waals surface area contributed by atoms with Crippen LogP contribution >= 0.6 is 0 Å². The van der Waals surface area contributed by atoms with Gasteiger partial charge in [-0.3, -0.25) is 0 Å². The van der Waals surface area contributed by atoms with Crippen LogP contribution in [0.15, 0.2) is 48.1 Å². The largest absolute Gasteiger partial charge is 0.396 e. The van der Waals surface area contributed by atoms with Crippen LogP contribution in [-0.2, 0) is 6.61 Å². The second-order valence-corrected chi connectivity index (χ2v) is 4.53. The minimum atomic E-state index is 0.146. The van der Waals surface area contributed by atoms with Gasteiger partial charge in [-0.2, -0.15) is 0 Å². The first-order chi connectivity index (χ1) is 11.6. The molecule has 0 fully saturated rings. The van der Waals surface area contributed by atoms with Crippen molar-refractivity contribution in [3.05, 3.63) is 59.2 Å². The van der Waals surface area contributed by atoms with Gasteiger partial charge >= 0.3 is 0 Å². The SMILES string of the molecule is C/C=C(C)\C=C/CCO.CC.CC#CC.Cc1ccccc1CO. The fraction of sp³-hybridized carbons (Fsp3) is 0.455. The van der Waals surface area contributed by atoms with Crippen molar-refractivity contribution in [3.8, 4) is 11.8 Å². The third-order valence-electron chi connectivity index (χ3n) is 2.81. The van der Waals surface area contributed by atoms with E-state index in [4.69, 9.17) is 10.2 Å². The molecule has 2 nitrogen and oxygen atoms in total. The molecular formula is C22H36O2. The summed E-state index contributed by atoms with van der Waals surface area (Å²) in [6.45, 7) is 14.1. The first-order valence-electron chi connectivity index (χ1n) is 8.46. The van der Waals surface area contributed by atoms with Crippen LogP contribution in [0.25, 0.3) is 0 Å². The van der Waals surface area contributed by atoms with Gasteiger partial charge in [-0.1, -0.05) is 61.9 Å². The van der Waals surface area contributed by atoms with Crippen molar-refractivity contribution in [1.82, 2.24) is 0 Å². The molecular weight excluding hydrogens is 296 g/mol. The predicted octanol–water partition coefficient (Wildman–Crippen LogP) is 5.43. The summed E-state index contributed by atoms with van der Waals surface area (Å²) in [5.41, 5.74) is 3.40. The average molecular weight is 333 g/mol. The fourth-order valence-corrected chi connectivity index (χ4v) is 1.23. The number of benzene rings is 1. The number of hydrogen-bond donors (Lipinski definition) is 2. The molecule has 0 unspecified atom stereocenters. The van der Waals surface area contributed by atoms with E-state index in [1.807, 2.05) is 91.0 Å². The van der Waals surface area contributed by atoms with Crippen molar-refractivity contribution in [2.75, 3.05) is 6.61 Å². The maximum atomic E-state index is 8.72. The first-order valence-corrected chi connectivity index (χ1v) is 8.46. The molecule has 0 saturated heterocycles. The Hall–Kier alpha value is -1.82. The number of aryl methyl sites for hydroxylation is 1. The number of aliphatic hydroxyl groups excluding tert-OH is 2. The molecule has 2 N–H and O–H groups in total. The fourth-order valence-electron chi connectivity index (χ4n) is 1.23. The third-order valence-corrected chi connectivity index (χ3v) is 2.81. The monoisotopic (exact) mass is 332 g/mol. The molecule has 0 saturated carbocycles. The van der Waals surface area contributed by atoms with Crippen LogP contribution in [0.3, 0.4) is 0 Å². The van der Waals surface area contributed by atoms with Crippen LogP contribution in [0.2, 0.25) is 0 Å². The van der Waals surface area contributed by atoms with Crippen LogP contribution < -0.4 is 0 Å². The van der Waals surface area contributed by atoms with Crippen molar-refractivity contribution in [2.45, 2.75) is 61.5 Å². The Morgan fingerprint density at radius 1 is 1.08 bits per heavy atom. The van der Waals surface area contributed by atoms with Crippen molar-refractivity contribution < 1.29 is 10.2 Å². The van der Waals surface area contributed by atoms with Crippen LogP contribution in [-0.4, -0.2) is 16.8 Å². The minimum absolute atomic E-state index is 0.146. The summed E-state index contributed by atoms with van der Waals surface area (Å²) in [5.74, 6) is 5.36. The lowest BCUT2D eigenvalue weighted by Gasteiger charge is -1.97. The topological polar surface area (TPSA) is 40.5 Å². The van der Waals surface area contributed by atoms with Gasteiger partial charge in [-0.25, -0.2) is 0 Å². The summed E-state index contributed by atoms with van der Waals surface area (Å²) in [6, 6.07) is 7.81. The van der Waals surface area contributed by atoms with Gasteiger partial charge in [0.05, 0.1) is 6.61 Å². The van der Waals surface area contributed by atoms with Gasteiger partial charge < -0.3 is 10.2 Å². The molecule has 0 radical (unpaired) electrons. The molecule has 0 aromatic heterocycles. The molecule has 0 amide bonds. The molecule has 136 valence electrons. The molecule has 24 heavy (non-hydrogen) atoms. The molecule has 2 heteroatoms. The lowest BCUT2D eigenvalue weighted by Crippen LogP contribution is -1.85. The summed E-state index contributed by atoms with van der Waals surface area (Å²) in [7, 11) is 0. The van der Waals surface area contributed by atoms with Gasteiger partial charge in [0.25, 0.3) is 0 Å². The second-order valence-electron chi connectivity index (χ2n) is 4.53. The van der Waals surface area contributed by atoms with Crippen molar-refractivity contribution in [1.29, 1.82) is 0 Å². The van der Waals surface area contributed by atoms with E-state index in [0.29, 0.717) is 0 Å². The molecule has 0 aliphatic heterocycles. The Balaban J connectivity index is -0.000000279. The highest BCUT2D eigenvalue weighted by Gasteiger charge is 1.90. The first kappa shape index (κ1) is 27.0. The van der Waals surface area contributed by atoms with Crippen molar-refractivity contribution in [2.24, 2.45) is 0 Å². The number of rotatable bonds is 4. The smallest absolute Gasteiger partial charge is 0.0684 e. The number of aliphatic hydroxyl groups is 2. The highest BCUT2D eigenvalue weighted by atomic mass is 16.3. The van der Waals surface area contributed by atoms with E-state index in [1.165, 1.54) is 5.57 Å². The maximum Gasteiger partial charge on any atom is 0.0684 e. The van der Waals surface area contributed by atoms with E-state index in [9.17, 15) is 0 Å². The Bertz CT molecular complexity index is 482. The van der Waals surface area contributed by atoms with E-state index in [-0.39, 0.29) is 13.2 Å². The molecule has 1 aromatic rings. The molecule has 0 aliphatic carbocycles. The zero-order valence-electron chi connectivity index (χ0n) is 16.6. The van der Waals surface area contributed by atoms with Gasteiger partial charge in [-0.15, -0.1) is 11.8 Å². The van der Waals surface area contributed by atoms with E-state index in [2.05, 4.69) is 11.8 Å². The van der Waals surface area contributed by atoms with Gasteiger partial charge in [0.2, 0.25) is 0 Å². The highest BCUT2D eigenvalue weighted by molar-refractivity contribution is 5.24.